The second-order valence-electron chi connectivity index (χ2n) is 11.8. The number of hydrogen-bond acceptors (Lipinski definition) is 5. The maximum atomic E-state index is 11.8. The van der Waals surface area contributed by atoms with Crippen molar-refractivity contribution in [2.45, 2.75) is 88.1 Å². The smallest absolute Gasteiger partial charge is 0.294 e. The Balaban J connectivity index is 1.83. The van der Waals surface area contributed by atoms with E-state index in [1.165, 1.54) is 12.1 Å². The fourth-order valence-electron chi connectivity index (χ4n) is 5.83. The summed E-state index contributed by atoms with van der Waals surface area (Å²) < 4.78 is 68.8. The van der Waals surface area contributed by atoms with Gasteiger partial charge < -0.3 is 4.90 Å². The lowest BCUT2D eigenvalue weighted by molar-refractivity contribution is -0.472. The van der Waals surface area contributed by atoms with Crippen LogP contribution < -0.4 is 4.90 Å². The predicted octanol–water partition coefficient (Wildman–Crippen LogP) is 5.61. The van der Waals surface area contributed by atoms with Crippen LogP contribution in [-0.4, -0.2) is 48.3 Å². The van der Waals surface area contributed by atoms with Gasteiger partial charge in [-0.25, -0.2) is 0 Å². The van der Waals surface area contributed by atoms with Gasteiger partial charge in [-0.15, -0.1) is 0 Å². The van der Waals surface area contributed by atoms with Gasteiger partial charge in [-0.1, -0.05) is 19.9 Å². The zero-order chi connectivity index (χ0) is 29.3. The molecule has 8 nitrogen and oxygen atoms in total. The van der Waals surface area contributed by atoms with Crippen LogP contribution in [0.15, 0.2) is 70.1 Å². The Labute approximate surface area is 231 Å². The molecule has 2 aromatic rings. The van der Waals surface area contributed by atoms with Gasteiger partial charge in [0.15, 0.2) is 11.8 Å². The number of rotatable bonds is 6. The molecule has 2 heterocycles. The summed E-state index contributed by atoms with van der Waals surface area (Å²) >= 11 is 0. The van der Waals surface area contributed by atoms with Crippen molar-refractivity contribution >= 4 is 37.3 Å². The number of benzene rings is 2. The number of nitrogens with zero attached hydrogens (tertiary/aromatic N) is 2. The lowest BCUT2D eigenvalue weighted by Crippen LogP contribution is -2.31. The minimum atomic E-state index is -4.34. The van der Waals surface area contributed by atoms with E-state index in [-0.39, 0.29) is 21.9 Å². The third kappa shape index (κ3) is 4.88. The molecule has 210 valence electrons. The lowest BCUT2D eigenvalue weighted by atomic mass is 9.81. The fraction of sp³-hybridized carbons (Fsp3) is 0.414. The molecule has 0 saturated heterocycles. The largest absolute Gasteiger partial charge is 0.341 e. The summed E-state index contributed by atoms with van der Waals surface area (Å²) in [6, 6.07) is 9.60. The first-order valence-electron chi connectivity index (χ1n) is 12.9. The number of allylic oxidation sites excluding steroid dienone is 4. The first-order chi connectivity index (χ1) is 17.8. The van der Waals surface area contributed by atoms with Gasteiger partial charge in [-0.3, -0.25) is 9.11 Å². The molecule has 0 bridgehead atoms. The third-order valence-corrected chi connectivity index (χ3v) is 9.44. The van der Waals surface area contributed by atoms with Gasteiger partial charge in [0.05, 0.1) is 15.2 Å². The van der Waals surface area contributed by atoms with Gasteiger partial charge in [0, 0.05) is 40.5 Å². The summed E-state index contributed by atoms with van der Waals surface area (Å²) in [5, 5.41) is 0. The molecule has 0 aromatic heterocycles. The van der Waals surface area contributed by atoms with E-state index < -0.39 is 31.1 Å². The molecular weight excluding hydrogens is 536 g/mol. The van der Waals surface area contributed by atoms with Gasteiger partial charge in [-0.05, 0) is 83.5 Å². The number of fused-ring (bicyclic) bond motifs is 2. The van der Waals surface area contributed by atoms with Crippen LogP contribution in [0.3, 0.4) is 0 Å². The third-order valence-electron chi connectivity index (χ3n) is 7.74. The quantitative estimate of drug-likeness (QED) is 0.341. The van der Waals surface area contributed by atoms with Crippen molar-refractivity contribution in [1.29, 1.82) is 0 Å². The Kier molecular flexibility index (Phi) is 7.04. The Morgan fingerprint density at radius 3 is 1.87 bits per heavy atom. The lowest BCUT2D eigenvalue weighted by Gasteiger charge is -2.30. The first-order valence-corrected chi connectivity index (χ1v) is 15.8. The highest BCUT2D eigenvalue weighted by molar-refractivity contribution is 7.86. The summed E-state index contributed by atoms with van der Waals surface area (Å²) in [7, 11) is -8.68. The Bertz CT molecular complexity index is 1660. The maximum absolute atomic E-state index is 11.8. The molecule has 0 radical (unpaired) electrons. The molecule has 0 spiro atoms. The van der Waals surface area contributed by atoms with Crippen molar-refractivity contribution in [3.8, 4) is 0 Å². The van der Waals surface area contributed by atoms with Gasteiger partial charge in [0.2, 0.25) is 5.69 Å². The van der Waals surface area contributed by atoms with Gasteiger partial charge in [0.25, 0.3) is 20.2 Å². The van der Waals surface area contributed by atoms with Crippen molar-refractivity contribution in [2.75, 3.05) is 4.90 Å². The molecule has 0 fully saturated rings. The van der Waals surface area contributed by atoms with E-state index in [1.54, 1.807) is 24.3 Å². The van der Waals surface area contributed by atoms with Crippen LogP contribution in [-0.2, 0) is 31.1 Å². The summed E-state index contributed by atoms with van der Waals surface area (Å²) in [5.41, 5.74) is 4.30. The van der Waals surface area contributed by atoms with E-state index in [4.69, 9.17) is 0 Å². The van der Waals surface area contributed by atoms with Gasteiger partial charge >= 0.3 is 0 Å². The molecule has 39 heavy (non-hydrogen) atoms. The van der Waals surface area contributed by atoms with E-state index in [9.17, 15) is 25.9 Å². The van der Waals surface area contributed by atoms with Crippen LogP contribution in [0.25, 0.3) is 0 Å². The van der Waals surface area contributed by atoms with Gasteiger partial charge in [-0.2, -0.15) is 21.4 Å². The van der Waals surface area contributed by atoms with E-state index >= 15 is 0 Å². The van der Waals surface area contributed by atoms with Crippen LogP contribution in [0, 0.1) is 0 Å². The molecule has 10 heteroatoms. The van der Waals surface area contributed by atoms with E-state index in [2.05, 4.69) is 37.2 Å². The summed E-state index contributed by atoms with van der Waals surface area (Å²) in [6.45, 7) is 16.4. The van der Waals surface area contributed by atoms with Crippen LogP contribution in [0.5, 0.6) is 0 Å². The number of anilines is 1. The highest BCUT2D eigenvalue weighted by Crippen LogP contribution is 2.49. The van der Waals surface area contributed by atoms with Crippen molar-refractivity contribution in [3.63, 3.8) is 0 Å². The highest BCUT2D eigenvalue weighted by atomic mass is 32.2. The molecule has 0 aliphatic carbocycles. The van der Waals surface area contributed by atoms with Crippen LogP contribution in [0.2, 0.25) is 0 Å². The van der Waals surface area contributed by atoms with E-state index in [1.807, 2.05) is 45.9 Å². The zero-order valence-corrected chi connectivity index (χ0v) is 25.2. The molecule has 0 atom stereocenters. The first kappa shape index (κ1) is 29.2. The molecular formula is C29H37N2O6S2+. The van der Waals surface area contributed by atoms with Gasteiger partial charge in [0.1, 0.15) is 0 Å². The van der Waals surface area contributed by atoms with E-state index in [0.29, 0.717) is 0 Å². The predicted molar refractivity (Wildman–Crippen MR) is 153 cm³/mol. The minimum absolute atomic E-state index is 0.0904. The Morgan fingerprint density at radius 2 is 1.36 bits per heavy atom. The molecule has 4 rings (SSSR count). The number of hydrogen-bond donors (Lipinski definition) is 2. The second-order valence-corrected chi connectivity index (χ2v) is 14.6. The normalized spacial score (nSPS) is 19.6. The average molecular weight is 574 g/mol. The second kappa shape index (κ2) is 9.40. The SMILES string of the molecule is CC(C)N1/C(=C/C=C/C2=[N+](C(C)C)c3ccc(S(=O)(=O)O)cc3C2(C)C)C(C)(C)c2cc(S(=O)(=O)O)ccc21. The zero-order valence-electron chi connectivity index (χ0n) is 23.6. The van der Waals surface area contributed by atoms with Crippen molar-refractivity contribution in [3.05, 3.63) is 71.5 Å². The monoisotopic (exact) mass is 573 g/mol. The molecule has 2 aromatic carbocycles. The van der Waals surface area contributed by atoms with Crippen molar-refractivity contribution < 1.29 is 30.5 Å². The fourth-order valence-corrected chi connectivity index (χ4v) is 6.84. The molecule has 0 saturated carbocycles. The Hall–Kier alpha value is -2.79. The average Bonchev–Trinajstić information content (AvgIpc) is 3.16. The van der Waals surface area contributed by atoms with Crippen LogP contribution in [0.1, 0.15) is 66.5 Å². The standard InChI is InChI=1S/C29H36N2O6S2/c1-18(2)30-24-14-12-20(38(32,33)34)16-22(24)28(5,6)26(30)10-9-11-27-29(7,8)23-17-21(39(35,36)37)13-15-25(23)31(27)19(3)4/h9-19H,1-8H3,(H-,32,33,34,35,36,37)/p+1. The Morgan fingerprint density at radius 1 is 0.821 bits per heavy atom. The van der Waals surface area contributed by atoms with Crippen LogP contribution >= 0.6 is 0 Å². The topological polar surface area (TPSA) is 115 Å². The molecule has 2 aliphatic heterocycles. The van der Waals surface area contributed by atoms with E-state index in [0.717, 1.165) is 33.9 Å². The van der Waals surface area contributed by atoms with Crippen LogP contribution in [0.4, 0.5) is 11.4 Å². The molecule has 2 aliphatic rings. The maximum Gasteiger partial charge on any atom is 0.294 e. The van der Waals surface area contributed by atoms with Crippen molar-refractivity contribution in [2.24, 2.45) is 0 Å². The van der Waals surface area contributed by atoms with Crippen molar-refractivity contribution in [1.82, 2.24) is 0 Å². The summed E-state index contributed by atoms with van der Waals surface area (Å²) in [4.78, 5) is 1.91. The minimum Gasteiger partial charge on any atom is -0.341 e. The summed E-state index contributed by atoms with van der Waals surface area (Å²) in [5.74, 6) is 0. The molecule has 0 unspecified atom stereocenters. The highest BCUT2D eigenvalue weighted by Gasteiger charge is 2.46. The summed E-state index contributed by atoms with van der Waals surface area (Å²) in [6.07, 6.45) is 6.03. The molecule has 0 amide bonds. The molecule has 2 N–H and O–H groups in total.